The van der Waals surface area contributed by atoms with Crippen LogP contribution in [0, 0.1) is 0 Å². The zero-order valence-electron chi connectivity index (χ0n) is 9.20. The largest absolute Gasteiger partial charge is 0.393 e. The fourth-order valence-corrected chi connectivity index (χ4v) is 1.22. The molecule has 0 rings (SSSR count). The summed E-state index contributed by atoms with van der Waals surface area (Å²) in [6.45, 7) is 5.76. The van der Waals surface area contributed by atoms with E-state index in [0.717, 1.165) is 0 Å². The maximum absolute atomic E-state index is 11.5. The van der Waals surface area contributed by atoms with Crippen LogP contribution in [0.4, 0.5) is 4.79 Å². The van der Waals surface area contributed by atoms with E-state index in [1.54, 1.807) is 11.9 Å². The summed E-state index contributed by atoms with van der Waals surface area (Å²) >= 11 is 4.78. The van der Waals surface area contributed by atoms with Gasteiger partial charge in [0.05, 0.1) is 4.99 Å². The standard InChI is InChI=1S/C9H19N3OS/c1-6(2)11-9(13)12(4)7(3)5-8(10)14/h6-7H,5H2,1-4H3,(H2,10,14)(H,11,13). The molecule has 0 aliphatic heterocycles. The van der Waals surface area contributed by atoms with Crippen LogP contribution in [0.1, 0.15) is 27.2 Å². The summed E-state index contributed by atoms with van der Waals surface area (Å²) in [6.07, 6.45) is 0.553. The van der Waals surface area contributed by atoms with Crippen LogP contribution in [-0.2, 0) is 0 Å². The number of rotatable bonds is 4. The predicted octanol–water partition coefficient (Wildman–Crippen LogP) is 1.10. The van der Waals surface area contributed by atoms with Crippen LogP contribution < -0.4 is 11.1 Å². The van der Waals surface area contributed by atoms with Gasteiger partial charge < -0.3 is 16.0 Å². The average molecular weight is 217 g/mol. The van der Waals surface area contributed by atoms with Crippen molar-refractivity contribution in [2.24, 2.45) is 5.73 Å². The van der Waals surface area contributed by atoms with E-state index < -0.39 is 0 Å². The van der Waals surface area contributed by atoms with E-state index in [4.69, 9.17) is 18.0 Å². The average Bonchev–Trinajstić information content (AvgIpc) is 2.00. The molecule has 82 valence electrons. The fraction of sp³-hybridized carbons (Fsp3) is 0.778. The van der Waals surface area contributed by atoms with Crippen molar-refractivity contribution in [3.63, 3.8) is 0 Å². The summed E-state index contributed by atoms with van der Waals surface area (Å²) in [6, 6.07) is 0.0805. The zero-order chi connectivity index (χ0) is 11.3. The Balaban J connectivity index is 4.10. The summed E-state index contributed by atoms with van der Waals surface area (Å²) in [5.74, 6) is 0. The number of urea groups is 1. The van der Waals surface area contributed by atoms with Crippen molar-refractivity contribution in [2.45, 2.75) is 39.3 Å². The lowest BCUT2D eigenvalue weighted by Crippen LogP contribution is -2.45. The minimum atomic E-state index is -0.0937. The smallest absolute Gasteiger partial charge is 0.317 e. The number of carbonyl (C=O) groups excluding carboxylic acids is 1. The fourth-order valence-electron chi connectivity index (χ4n) is 0.977. The number of carbonyl (C=O) groups is 1. The van der Waals surface area contributed by atoms with Crippen molar-refractivity contribution in [3.8, 4) is 0 Å². The van der Waals surface area contributed by atoms with Gasteiger partial charge >= 0.3 is 6.03 Å². The number of nitrogens with zero attached hydrogens (tertiary/aromatic N) is 1. The van der Waals surface area contributed by atoms with Crippen molar-refractivity contribution < 1.29 is 4.79 Å². The second kappa shape index (κ2) is 5.80. The molecule has 0 bridgehead atoms. The third kappa shape index (κ3) is 5.01. The van der Waals surface area contributed by atoms with Crippen LogP contribution in [0.15, 0.2) is 0 Å². The van der Waals surface area contributed by atoms with Gasteiger partial charge in [-0.1, -0.05) is 12.2 Å². The molecule has 0 aromatic rings. The number of nitrogens with one attached hydrogen (secondary N) is 1. The SMILES string of the molecule is CC(C)NC(=O)N(C)C(C)CC(N)=S. The molecule has 4 nitrogen and oxygen atoms in total. The maximum atomic E-state index is 11.5. The van der Waals surface area contributed by atoms with Gasteiger partial charge in [-0.3, -0.25) is 0 Å². The van der Waals surface area contributed by atoms with Crippen LogP contribution in [0.3, 0.4) is 0 Å². The molecule has 0 radical (unpaired) electrons. The third-order valence-corrected chi connectivity index (χ3v) is 2.06. The molecule has 0 saturated carbocycles. The van der Waals surface area contributed by atoms with Crippen molar-refractivity contribution in [3.05, 3.63) is 0 Å². The molecule has 0 aliphatic rings. The lowest BCUT2D eigenvalue weighted by Gasteiger charge is -2.25. The monoisotopic (exact) mass is 217 g/mol. The second-order valence-corrected chi connectivity index (χ2v) is 4.26. The van der Waals surface area contributed by atoms with Crippen molar-refractivity contribution in [2.75, 3.05) is 7.05 Å². The molecule has 5 heteroatoms. The Kier molecular flexibility index (Phi) is 5.45. The van der Waals surface area contributed by atoms with Crippen LogP contribution in [0.25, 0.3) is 0 Å². The number of amides is 2. The Morgan fingerprint density at radius 1 is 1.50 bits per heavy atom. The Bertz CT molecular complexity index is 218. The van der Waals surface area contributed by atoms with E-state index in [1.807, 2.05) is 20.8 Å². The third-order valence-electron chi connectivity index (χ3n) is 1.89. The minimum Gasteiger partial charge on any atom is -0.393 e. The highest BCUT2D eigenvalue weighted by molar-refractivity contribution is 7.80. The molecular formula is C9H19N3OS. The Morgan fingerprint density at radius 3 is 2.36 bits per heavy atom. The first-order valence-electron chi connectivity index (χ1n) is 4.66. The topological polar surface area (TPSA) is 58.4 Å². The molecule has 0 fully saturated rings. The summed E-state index contributed by atoms with van der Waals surface area (Å²) in [4.78, 5) is 13.5. The van der Waals surface area contributed by atoms with Gasteiger partial charge in [-0.05, 0) is 20.8 Å². The van der Waals surface area contributed by atoms with Gasteiger partial charge in [0, 0.05) is 25.6 Å². The second-order valence-electron chi connectivity index (χ2n) is 3.73. The summed E-state index contributed by atoms with van der Waals surface area (Å²) < 4.78 is 0. The first-order valence-corrected chi connectivity index (χ1v) is 5.07. The van der Waals surface area contributed by atoms with Gasteiger partial charge in [0.2, 0.25) is 0 Å². The number of hydrogen-bond acceptors (Lipinski definition) is 2. The van der Waals surface area contributed by atoms with Gasteiger partial charge in [-0.25, -0.2) is 4.79 Å². The Morgan fingerprint density at radius 2 is 2.00 bits per heavy atom. The highest BCUT2D eigenvalue weighted by Gasteiger charge is 2.16. The van der Waals surface area contributed by atoms with E-state index in [2.05, 4.69) is 5.32 Å². The minimum absolute atomic E-state index is 0.0336. The summed E-state index contributed by atoms with van der Waals surface area (Å²) in [7, 11) is 1.74. The van der Waals surface area contributed by atoms with E-state index >= 15 is 0 Å². The predicted molar refractivity (Wildman–Crippen MR) is 62.3 cm³/mol. The van der Waals surface area contributed by atoms with E-state index in [1.165, 1.54) is 0 Å². The van der Waals surface area contributed by atoms with Crippen LogP contribution >= 0.6 is 12.2 Å². The normalized spacial score (nSPS) is 12.4. The molecule has 1 unspecified atom stereocenters. The maximum Gasteiger partial charge on any atom is 0.317 e. The van der Waals surface area contributed by atoms with Crippen molar-refractivity contribution in [1.82, 2.24) is 10.2 Å². The number of hydrogen-bond donors (Lipinski definition) is 2. The van der Waals surface area contributed by atoms with E-state index in [9.17, 15) is 4.79 Å². The Labute approximate surface area is 90.8 Å². The van der Waals surface area contributed by atoms with Crippen molar-refractivity contribution >= 4 is 23.2 Å². The molecule has 1 atom stereocenters. The lowest BCUT2D eigenvalue weighted by atomic mass is 10.2. The molecule has 0 spiro atoms. The van der Waals surface area contributed by atoms with Gasteiger partial charge in [-0.2, -0.15) is 0 Å². The van der Waals surface area contributed by atoms with Gasteiger partial charge in [0.15, 0.2) is 0 Å². The number of thiocarbonyl (C=S) groups is 1. The van der Waals surface area contributed by atoms with Crippen LogP contribution in [0.5, 0.6) is 0 Å². The van der Waals surface area contributed by atoms with Crippen LogP contribution in [-0.4, -0.2) is 35.1 Å². The quantitative estimate of drug-likeness (QED) is 0.693. The summed E-state index contributed by atoms with van der Waals surface area (Å²) in [5, 5.41) is 2.80. The molecule has 3 N–H and O–H groups in total. The van der Waals surface area contributed by atoms with E-state index in [-0.39, 0.29) is 18.1 Å². The molecule has 0 aliphatic carbocycles. The molecule has 0 aromatic heterocycles. The van der Waals surface area contributed by atoms with Gasteiger partial charge in [-0.15, -0.1) is 0 Å². The number of nitrogens with two attached hydrogens (primary N) is 1. The highest BCUT2D eigenvalue weighted by atomic mass is 32.1. The van der Waals surface area contributed by atoms with Gasteiger partial charge in [0.1, 0.15) is 0 Å². The molecule has 0 aromatic carbocycles. The zero-order valence-corrected chi connectivity index (χ0v) is 10.0. The summed E-state index contributed by atoms with van der Waals surface area (Å²) in [5.41, 5.74) is 5.41. The molecular weight excluding hydrogens is 198 g/mol. The molecule has 0 saturated heterocycles. The first-order chi connectivity index (χ1) is 6.34. The van der Waals surface area contributed by atoms with Crippen molar-refractivity contribution in [1.29, 1.82) is 0 Å². The van der Waals surface area contributed by atoms with Crippen LogP contribution in [0.2, 0.25) is 0 Å². The molecule has 14 heavy (non-hydrogen) atoms. The molecule has 2 amide bonds. The highest BCUT2D eigenvalue weighted by Crippen LogP contribution is 2.01. The Hall–Kier alpha value is -0.840. The van der Waals surface area contributed by atoms with Gasteiger partial charge in [0.25, 0.3) is 0 Å². The van der Waals surface area contributed by atoms with E-state index in [0.29, 0.717) is 11.4 Å². The molecule has 0 heterocycles. The first kappa shape index (κ1) is 13.2. The lowest BCUT2D eigenvalue weighted by molar-refractivity contribution is 0.193.